The summed E-state index contributed by atoms with van der Waals surface area (Å²) < 4.78 is 5.11. The molecule has 0 spiro atoms. The zero-order valence-electron chi connectivity index (χ0n) is 9.03. The lowest BCUT2D eigenvalue weighted by atomic mass is 9.90. The molecule has 15 heavy (non-hydrogen) atoms. The summed E-state index contributed by atoms with van der Waals surface area (Å²) in [5.74, 6) is 0. The molecule has 1 aliphatic carbocycles. The first kappa shape index (κ1) is 12.5. The highest BCUT2D eigenvalue weighted by molar-refractivity contribution is 5.85. The summed E-state index contributed by atoms with van der Waals surface area (Å²) >= 11 is 0. The van der Waals surface area contributed by atoms with Crippen LogP contribution in [-0.4, -0.2) is 7.11 Å². The third kappa shape index (κ3) is 2.71. The van der Waals surface area contributed by atoms with Gasteiger partial charge in [0.05, 0.1) is 0 Å². The molecule has 1 atom stereocenters. The number of aryl methyl sites for hydroxylation is 2. The van der Waals surface area contributed by atoms with E-state index in [0.29, 0.717) is 0 Å². The molecular formula is C12H18ClNO. The van der Waals surface area contributed by atoms with Gasteiger partial charge in [-0.25, -0.2) is 0 Å². The van der Waals surface area contributed by atoms with Crippen LogP contribution < -0.4 is 5.73 Å². The maximum atomic E-state index is 5.81. The quantitative estimate of drug-likeness (QED) is 0.789. The second kappa shape index (κ2) is 5.50. The number of benzene rings is 1. The number of halogens is 1. The summed E-state index contributed by atoms with van der Waals surface area (Å²) in [6.45, 7) is 0. The van der Waals surface area contributed by atoms with Gasteiger partial charge in [-0.3, -0.25) is 0 Å². The van der Waals surface area contributed by atoms with Crippen molar-refractivity contribution in [2.75, 3.05) is 7.11 Å². The Balaban J connectivity index is 0.00000112. The van der Waals surface area contributed by atoms with Gasteiger partial charge < -0.3 is 10.5 Å². The number of ether oxygens (including phenoxy) is 1. The molecule has 1 aromatic carbocycles. The third-order valence-electron chi connectivity index (χ3n) is 2.96. The molecule has 0 saturated carbocycles. The molecule has 0 radical (unpaired) electrons. The lowest BCUT2D eigenvalue weighted by Gasteiger charge is -2.18. The predicted octanol–water partition coefficient (Wildman–Crippen LogP) is 2.59. The van der Waals surface area contributed by atoms with Gasteiger partial charge in [0, 0.05) is 7.11 Å². The van der Waals surface area contributed by atoms with Gasteiger partial charge in [-0.2, -0.15) is 0 Å². The summed E-state index contributed by atoms with van der Waals surface area (Å²) in [5, 5.41) is 0. The van der Waals surface area contributed by atoms with Crippen molar-refractivity contribution in [2.24, 2.45) is 5.73 Å². The zero-order chi connectivity index (χ0) is 9.97. The van der Waals surface area contributed by atoms with Gasteiger partial charge in [-0.05, 0) is 42.4 Å². The summed E-state index contributed by atoms with van der Waals surface area (Å²) in [5.41, 5.74) is 9.84. The summed E-state index contributed by atoms with van der Waals surface area (Å²) in [6.07, 6.45) is 4.76. The minimum absolute atomic E-state index is 0. The average Bonchev–Trinajstić information content (AvgIpc) is 2.27. The second-order valence-corrected chi connectivity index (χ2v) is 3.89. The molecule has 0 saturated heterocycles. The van der Waals surface area contributed by atoms with E-state index < -0.39 is 0 Å². The van der Waals surface area contributed by atoms with E-state index in [4.69, 9.17) is 10.5 Å². The van der Waals surface area contributed by atoms with Gasteiger partial charge in [-0.15, -0.1) is 12.4 Å². The molecular weight excluding hydrogens is 210 g/mol. The van der Waals surface area contributed by atoms with Crippen LogP contribution in [0.4, 0.5) is 0 Å². The molecule has 3 heteroatoms. The van der Waals surface area contributed by atoms with Gasteiger partial charge in [-0.1, -0.05) is 18.2 Å². The molecule has 0 aliphatic heterocycles. The van der Waals surface area contributed by atoms with Crippen LogP contribution in [0.3, 0.4) is 0 Å². The van der Waals surface area contributed by atoms with Crippen molar-refractivity contribution >= 4 is 12.4 Å². The zero-order valence-corrected chi connectivity index (χ0v) is 9.85. The van der Waals surface area contributed by atoms with Crippen LogP contribution in [0, 0.1) is 0 Å². The standard InChI is InChI=1S/C12H17NO.ClH/c1-14-12(13)11-7-6-9-4-2-3-5-10(9)8-11;/h6-8,12H,2-5,13H2,1H3;1H. The Kier molecular flexibility index (Phi) is 4.58. The fraction of sp³-hybridized carbons (Fsp3) is 0.500. The second-order valence-electron chi connectivity index (χ2n) is 3.89. The van der Waals surface area contributed by atoms with Crippen molar-refractivity contribution in [2.45, 2.75) is 31.9 Å². The Labute approximate surface area is 97.2 Å². The van der Waals surface area contributed by atoms with Crippen LogP contribution >= 0.6 is 12.4 Å². The monoisotopic (exact) mass is 227 g/mol. The molecule has 0 heterocycles. The molecule has 0 aromatic heterocycles. The Morgan fingerprint density at radius 1 is 1.20 bits per heavy atom. The van der Waals surface area contributed by atoms with E-state index in [9.17, 15) is 0 Å². The van der Waals surface area contributed by atoms with Gasteiger partial charge in [0.2, 0.25) is 0 Å². The Bertz CT molecular complexity index is 327. The van der Waals surface area contributed by atoms with Crippen molar-refractivity contribution in [1.82, 2.24) is 0 Å². The minimum Gasteiger partial charge on any atom is -0.363 e. The van der Waals surface area contributed by atoms with Crippen LogP contribution in [0.2, 0.25) is 0 Å². The normalized spacial score (nSPS) is 16.4. The number of hydrogen-bond donors (Lipinski definition) is 1. The SMILES string of the molecule is COC(N)c1ccc2c(c1)CCCC2.Cl. The average molecular weight is 228 g/mol. The fourth-order valence-corrected chi connectivity index (χ4v) is 2.07. The van der Waals surface area contributed by atoms with E-state index in [2.05, 4.69) is 18.2 Å². The first-order valence-corrected chi connectivity index (χ1v) is 5.21. The molecule has 2 N–H and O–H groups in total. The van der Waals surface area contributed by atoms with E-state index in [-0.39, 0.29) is 18.6 Å². The topological polar surface area (TPSA) is 35.2 Å². The largest absolute Gasteiger partial charge is 0.363 e. The third-order valence-corrected chi connectivity index (χ3v) is 2.96. The van der Waals surface area contributed by atoms with E-state index in [1.54, 1.807) is 7.11 Å². The molecule has 1 aliphatic rings. The van der Waals surface area contributed by atoms with Crippen LogP contribution in [0.5, 0.6) is 0 Å². The van der Waals surface area contributed by atoms with E-state index in [1.165, 1.54) is 36.8 Å². The Morgan fingerprint density at radius 2 is 1.87 bits per heavy atom. The number of hydrogen-bond acceptors (Lipinski definition) is 2. The summed E-state index contributed by atoms with van der Waals surface area (Å²) in [7, 11) is 1.64. The molecule has 0 bridgehead atoms. The highest BCUT2D eigenvalue weighted by Gasteiger charge is 2.11. The molecule has 2 nitrogen and oxygen atoms in total. The molecule has 1 aromatic rings. The van der Waals surface area contributed by atoms with Crippen molar-refractivity contribution in [3.63, 3.8) is 0 Å². The molecule has 1 unspecified atom stereocenters. The lowest BCUT2D eigenvalue weighted by molar-refractivity contribution is 0.109. The summed E-state index contributed by atoms with van der Waals surface area (Å²) in [4.78, 5) is 0. The summed E-state index contributed by atoms with van der Waals surface area (Å²) in [6, 6.07) is 6.48. The minimum atomic E-state index is -0.276. The number of nitrogens with two attached hydrogens (primary N) is 1. The number of methoxy groups -OCH3 is 1. The molecule has 2 rings (SSSR count). The van der Waals surface area contributed by atoms with Gasteiger partial charge in [0.25, 0.3) is 0 Å². The maximum Gasteiger partial charge on any atom is 0.131 e. The van der Waals surface area contributed by atoms with Gasteiger partial charge >= 0.3 is 0 Å². The smallest absolute Gasteiger partial charge is 0.131 e. The van der Waals surface area contributed by atoms with Crippen LogP contribution in [0.1, 0.15) is 35.8 Å². The first-order valence-electron chi connectivity index (χ1n) is 5.21. The Hall–Kier alpha value is -0.570. The van der Waals surface area contributed by atoms with Crippen molar-refractivity contribution in [3.05, 3.63) is 34.9 Å². The Morgan fingerprint density at radius 3 is 2.53 bits per heavy atom. The number of fused-ring (bicyclic) bond motifs is 1. The fourth-order valence-electron chi connectivity index (χ4n) is 2.07. The maximum absolute atomic E-state index is 5.81. The van der Waals surface area contributed by atoms with Crippen LogP contribution in [0.25, 0.3) is 0 Å². The lowest BCUT2D eigenvalue weighted by Crippen LogP contribution is -2.13. The van der Waals surface area contributed by atoms with E-state index in [1.807, 2.05) is 0 Å². The molecule has 0 fully saturated rings. The molecule has 0 amide bonds. The van der Waals surface area contributed by atoms with Crippen molar-refractivity contribution in [3.8, 4) is 0 Å². The number of rotatable bonds is 2. The predicted molar refractivity (Wildman–Crippen MR) is 64.3 cm³/mol. The van der Waals surface area contributed by atoms with E-state index >= 15 is 0 Å². The van der Waals surface area contributed by atoms with Crippen molar-refractivity contribution in [1.29, 1.82) is 0 Å². The highest BCUT2D eigenvalue weighted by Crippen LogP contribution is 2.24. The molecule has 84 valence electrons. The van der Waals surface area contributed by atoms with Crippen LogP contribution in [-0.2, 0) is 17.6 Å². The van der Waals surface area contributed by atoms with Gasteiger partial charge in [0.1, 0.15) is 6.23 Å². The van der Waals surface area contributed by atoms with E-state index in [0.717, 1.165) is 5.56 Å². The van der Waals surface area contributed by atoms with Crippen LogP contribution in [0.15, 0.2) is 18.2 Å². The first-order chi connectivity index (χ1) is 6.81. The van der Waals surface area contributed by atoms with Crippen molar-refractivity contribution < 1.29 is 4.74 Å². The van der Waals surface area contributed by atoms with Gasteiger partial charge in [0.15, 0.2) is 0 Å². The highest BCUT2D eigenvalue weighted by atomic mass is 35.5.